The lowest BCUT2D eigenvalue weighted by Crippen LogP contribution is -2.17. The van der Waals surface area contributed by atoms with Crippen molar-refractivity contribution in [1.82, 2.24) is 9.99 Å². The molecule has 1 N–H and O–H groups in total. The van der Waals surface area contributed by atoms with Crippen LogP contribution in [-0.2, 0) is 4.79 Å². The quantitative estimate of drug-likeness (QED) is 0.307. The highest BCUT2D eigenvalue weighted by Crippen LogP contribution is 2.33. The maximum absolute atomic E-state index is 11.6. The van der Waals surface area contributed by atoms with Gasteiger partial charge in [0.05, 0.1) is 17.3 Å². The highest BCUT2D eigenvalue weighted by atomic mass is 79.9. The molecule has 3 aromatic carbocycles. The van der Waals surface area contributed by atoms with E-state index in [0.29, 0.717) is 11.4 Å². The van der Waals surface area contributed by atoms with Crippen molar-refractivity contribution in [2.75, 3.05) is 5.32 Å². The molecule has 0 spiro atoms. The SMILES string of the molecule is O=CN1N=C(c2ccc(Nc3ccnc4cc(Cl)ccc34)cc2)CC1c1ccc(Br)cc1. The summed E-state index contributed by atoms with van der Waals surface area (Å²) in [6.45, 7) is 0. The van der Waals surface area contributed by atoms with Crippen LogP contribution in [0.2, 0.25) is 5.02 Å². The molecule has 0 saturated heterocycles. The van der Waals surface area contributed by atoms with E-state index in [1.165, 1.54) is 5.01 Å². The smallest absolute Gasteiger partial charge is 0.230 e. The highest BCUT2D eigenvalue weighted by molar-refractivity contribution is 9.10. The lowest BCUT2D eigenvalue weighted by atomic mass is 9.98. The molecule has 32 heavy (non-hydrogen) atoms. The van der Waals surface area contributed by atoms with Crippen molar-refractivity contribution < 1.29 is 4.79 Å². The molecule has 0 radical (unpaired) electrons. The number of aromatic nitrogens is 1. The molecule has 4 aromatic rings. The number of halogens is 2. The number of carbonyl (C=O) groups excluding carboxylic acids is 1. The second kappa shape index (κ2) is 8.73. The number of pyridine rings is 1. The first kappa shape index (κ1) is 20.7. The summed E-state index contributed by atoms with van der Waals surface area (Å²) in [5.74, 6) is 0. The number of rotatable bonds is 5. The lowest BCUT2D eigenvalue weighted by Gasteiger charge is -2.17. The van der Waals surface area contributed by atoms with Crippen LogP contribution >= 0.6 is 27.5 Å². The number of amides is 1. The minimum atomic E-state index is -0.0941. The number of hydrogen-bond donors (Lipinski definition) is 1. The Morgan fingerprint density at radius 1 is 1.03 bits per heavy atom. The average Bonchev–Trinajstić information content (AvgIpc) is 3.24. The summed E-state index contributed by atoms with van der Waals surface area (Å²) in [6, 6.07) is 23.6. The van der Waals surface area contributed by atoms with Gasteiger partial charge in [0.25, 0.3) is 0 Å². The summed E-state index contributed by atoms with van der Waals surface area (Å²) in [7, 11) is 0. The van der Waals surface area contributed by atoms with Crippen LogP contribution in [0.5, 0.6) is 0 Å². The normalized spacial score (nSPS) is 15.6. The van der Waals surface area contributed by atoms with E-state index in [1.54, 1.807) is 6.20 Å². The fraction of sp³-hybridized carbons (Fsp3) is 0.0800. The number of nitrogens with zero attached hydrogens (tertiary/aromatic N) is 3. The number of fused-ring (bicyclic) bond motifs is 1. The summed E-state index contributed by atoms with van der Waals surface area (Å²) in [5.41, 5.74) is 5.69. The van der Waals surface area contributed by atoms with Crippen LogP contribution in [0.25, 0.3) is 10.9 Å². The molecule has 7 heteroatoms. The molecule has 1 unspecified atom stereocenters. The van der Waals surface area contributed by atoms with Crippen molar-refractivity contribution in [1.29, 1.82) is 0 Å². The van der Waals surface area contributed by atoms with E-state index in [4.69, 9.17) is 11.6 Å². The molecule has 0 bridgehead atoms. The summed E-state index contributed by atoms with van der Waals surface area (Å²) in [6.07, 6.45) is 3.22. The summed E-state index contributed by atoms with van der Waals surface area (Å²) < 4.78 is 1.01. The van der Waals surface area contributed by atoms with Gasteiger partial charge in [0.1, 0.15) is 0 Å². The second-order valence-corrected chi connectivity index (χ2v) is 8.88. The molecule has 0 aliphatic carbocycles. The standard InChI is InChI=1S/C25H18BrClN4O/c26-18-5-1-17(2-6-18)25-14-23(30-31(25)15-32)16-3-8-20(9-4-16)29-22-11-12-28-24-13-19(27)7-10-21(22)24/h1-13,15,25H,14H2,(H,28,29). The average molecular weight is 506 g/mol. The Morgan fingerprint density at radius 3 is 2.56 bits per heavy atom. The molecule has 0 saturated carbocycles. The van der Waals surface area contributed by atoms with Crippen LogP contribution in [0.15, 0.2) is 88.6 Å². The Bertz CT molecular complexity index is 1320. The maximum Gasteiger partial charge on any atom is 0.230 e. The van der Waals surface area contributed by atoms with E-state index in [-0.39, 0.29) is 6.04 Å². The Hall–Kier alpha value is -3.22. The molecule has 158 valence electrons. The van der Waals surface area contributed by atoms with Crippen molar-refractivity contribution in [3.63, 3.8) is 0 Å². The van der Waals surface area contributed by atoms with Crippen molar-refractivity contribution in [3.05, 3.63) is 99.6 Å². The van der Waals surface area contributed by atoms with Gasteiger partial charge >= 0.3 is 0 Å². The number of benzene rings is 3. The third-order valence-corrected chi connectivity index (χ3v) is 6.27. The monoisotopic (exact) mass is 504 g/mol. The molecular weight excluding hydrogens is 488 g/mol. The third kappa shape index (κ3) is 4.11. The van der Waals surface area contributed by atoms with Gasteiger partial charge in [0.2, 0.25) is 6.41 Å². The van der Waals surface area contributed by atoms with Crippen LogP contribution < -0.4 is 5.32 Å². The van der Waals surface area contributed by atoms with Crippen molar-refractivity contribution >= 4 is 61.9 Å². The minimum Gasteiger partial charge on any atom is -0.355 e. The number of anilines is 2. The van der Waals surface area contributed by atoms with Gasteiger partial charge in [-0.25, -0.2) is 5.01 Å². The third-order valence-electron chi connectivity index (χ3n) is 5.51. The van der Waals surface area contributed by atoms with Gasteiger partial charge in [-0.1, -0.05) is 51.8 Å². The van der Waals surface area contributed by atoms with Crippen LogP contribution in [0, 0.1) is 0 Å². The Labute approximate surface area is 198 Å². The van der Waals surface area contributed by atoms with Crippen LogP contribution in [0.1, 0.15) is 23.6 Å². The molecular formula is C25H18BrClN4O. The summed E-state index contributed by atoms with van der Waals surface area (Å²) >= 11 is 9.54. The molecule has 0 fully saturated rings. The van der Waals surface area contributed by atoms with Crippen LogP contribution in [0.3, 0.4) is 0 Å². The Balaban J connectivity index is 1.36. The first-order valence-electron chi connectivity index (χ1n) is 10.1. The number of hydrogen-bond acceptors (Lipinski definition) is 4. The van der Waals surface area contributed by atoms with Gasteiger partial charge in [-0.15, -0.1) is 0 Å². The predicted octanol–water partition coefficient (Wildman–Crippen LogP) is 6.70. The van der Waals surface area contributed by atoms with E-state index in [1.807, 2.05) is 72.8 Å². The summed E-state index contributed by atoms with van der Waals surface area (Å²) in [5, 5.41) is 11.2. The molecule has 2 heterocycles. The predicted molar refractivity (Wildman–Crippen MR) is 132 cm³/mol. The van der Waals surface area contributed by atoms with Gasteiger partial charge in [-0.2, -0.15) is 5.10 Å². The maximum atomic E-state index is 11.6. The van der Waals surface area contributed by atoms with Crippen LogP contribution in [-0.4, -0.2) is 22.1 Å². The van der Waals surface area contributed by atoms with Gasteiger partial charge in [-0.05, 0) is 59.7 Å². The topological polar surface area (TPSA) is 57.6 Å². The molecule has 1 aliphatic heterocycles. The van der Waals surface area contributed by atoms with Gasteiger partial charge < -0.3 is 5.32 Å². The van der Waals surface area contributed by atoms with E-state index in [9.17, 15) is 4.79 Å². The van der Waals surface area contributed by atoms with Crippen molar-refractivity contribution in [2.24, 2.45) is 5.10 Å². The number of carbonyl (C=O) groups is 1. The van der Waals surface area contributed by atoms with Crippen molar-refractivity contribution in [2.45, 2.75) is 12.5 Å². The zero-order valence-electron chi connectivity index (χ0n) is 16.9. The second-order valence-electron chi connectivity index (χ2n) is 7.53. The van der Waals surface area contributed by atoms with Crippen molar-refractivity contribution in [3.8, 4) is 0 Å². The van der Waals surface area contributed by atoms with Gasteiger partial charge in [0, 0.05) is 38.9 Å². The fourth-order valence-electron chi connectivity index (χ4n) is 3.89. The van der Waals surface area contributed by atoms with E-state index in [0.717, 1.165) is 50.0 Å². The lowest BCUT2D eigenvalue weighted by molar-refractivity contribution is -0.119. The first-order valence-corrected chi connectivity index (χ1v) is 11.3. The van der Waals surface area contributed by atoms with Gasteiger partial charge in [0.15, 0.2) is 0 Å². The Kier molecular flexibility index (Phi) is 5.64. The minimum absolute atomic E-state index is 0.0941. The summed E-state index contributed by atoms with van der Waals surface area (Å²) in [4.78, 5) is 16.0. The largest absolute Gasteiger partial charge is 0.355 e. The molecule has 1 aromatic heterocycles. The molecule has 1 amide bonds. The molecule has 1 aliphatic rings. The molecule has 1 atom stereocenters. The molecule has 5 nitrogen and oxygen atoms in total. The number of hydrazone groups is 1. The van der Waals surface area contributed by atoms with E-state index < -0.39 is 0 Å². The van der Waals surface area contributed by atoms with Crippen LogP contribution in [0.4, 0.5) is 11.4 Å². The highest BCUT2D eigenvalue weighted by Gasteiger charge is 2.28. The Morgan fingerprint density at radius 2 is 1.81 bits per heavy atom. The van der Waals surface area contributed by atoms with Gasteiger partial charge in [-0.3, -0.25) is 9.78 Å². The van der Waals surface area contributed by atoms with E-state index >= 15 is 0 Å². The number of nitrogens with one attached hydrogen (secondary N) is 1. The zero-order chi connectivity index (χ0) is 22.1. The molecule has 5 rings (SSSR count). The van der Waals surface area contributed by atoms with E-state index in [2.05, 4.69) is 31.3 Å². The zero-order valence-corrected chi connectivity index (χ0v) is 19.2. The fourth-order valence-corrected chi connectivity index (χ4v) is 4.32. The first-order chi connectivity index (χ1) is 15.6.